The molecule has 0 fully saturated rings. The van der Waals surface area contributed by atoms with Crippen molar-refractivity contribution in [2.75, 3.05) is 6.61 Å². The number of rotatable bonds is 3. The lowest BCUT2D eigenvalue weighted by molar-refractivity contribution is -0.150. The molecular weight excluding hydrogens is 164 g/mol. The number of carbonyl (C=O) groups is 1. The summed E-state index contributed by atoms with van der Waals surface area (Å²) in [6.45, 7) is 5.69. The minimum absolute atomic E-state index is 0.253. The molecule has 0 atom stereocenters. The minimum atomic E-state index is -0.613. The summed E-state index contributed by atoms with van der Waals surface area (Å²) in [6, 6.07) is 0. The van der Waals surface area contributed by atoms with Gasteiger partial charge < -0.3 is 4.74 Å². The second-order valence-corrected chi connectivity index (χ2v) is 2.99. The van der Waals surface area contributed by atoms with Crippen LogP contribution in [0.5, 0.6) is 0 Å². The highest BCUT2D eigenvalue weighted by atomic mass is 35.5. The Kier molecular flexibility index (Phi) is 4.19. The second-order valence-electron chi connectivity index (χ2n) is 2.73. The van der Waals surface area contributed by atoms with Crippen molar-refractivity contribution in [3.05, 3.63) is 11.6 Å². The smallest absolute Gasteiger partial charge is 0.315 e. The van der Waals surface area contributed by atoms with Crippen LogP contribution < -0.4 is 0 Å². The molecule has 0 unspecified atom stereocenters. The van der Waals surface area contributed by atoms with Crippen LogP contribution in [0.4, 0.5) is 0 Å². The van der Waals surface area contributed by atoms with E-state index in [-0.39, 0.29) is 5.97 Å². The van der Waals surface area contributed by atoms with Crippen LogP contribution in [0.2, 0.25) is 0 Å². The van der Waals surface area contributed by atoms with Gasteiger partial charge in [-0.25, -0.2) is 0 Å². The molecule has 0 aromatic rings. The number of carbonyl (C=O) groups excluding carboxylic acids is 1. The van der Waals surface area contributed by atoms with E-state index < -0.39 is 5.41 Å². The lowest BCUT2D eigenvalue weighted by Gasteiger charge is -2.16. The predicted octanol–water partition coefficient (Wildman–Crippen LogP) is 2.33. The minimum Gasteiger partial charge on any atom is -0.465 e. The highest BCUT2D eigenvalue weighted by Crippen LogP contribution is 2.19. The van der Waals surface area contributed by atoms with Crippen molar-refractivity contribution in [1.82, 2.24) is 0 Å². The standard InChI is InChI=1S/C8H13ClO2/c1-4-11-7(10)8(2,3)5-6-9/h5-6H,4H2,1-3H3/b6-5+. The van der Waals surface area contributed by atoms with Crippen molar-refractivity contribution in [3.8, 4) is 0 Å². The maximum absolute atomic E-state index is 11.1. The molecule has 0 bridgehead atoms. The average Bonchev–Trinajstić information content (AvgIpc) is 1.88. The zero-order valence-corrected chi connectivity index (χ0v) is 7.81. The van der Waals surface area contributed by atoms with Gasteiger partial charge in [-0.1, -0.05) is 17.7 Å². The van der Waals surface area contributed by atoms with Crippen LogP contribution in [-0.4, -0.2) is 12.6 Å². The van der Waals surface area contributed by atoms with Gasteiger partial charge >= 0.3 is 5.97 Å². The quantitative estimate of drug-likeness (QED) is 0.617. The van der Waals surface area contributed by atoms with Gasteiger partial charge in [0.05, 0.1) is 12.0 Å². The molecule has 0 aliphatic heterocycles. The van der Waals surface area contributed by atoms with Crippen molar-refractivity contribution in [2.24, 2.45) is 5.41 Å². The van der Waals surface area contributed by atoms with Crippen molar-refractivity contribution >= 4 is 17.6 Å². The topological polar surface area (TPSA) is 26.3 Å². The molecule has 11 heavy (non-hydrogen) atoms. The van der Waals surface area contributed by atoms with E-state index in [1.165, 1.54) is 5.54 Å². The molecule has 0 amide bonds. The van der Waals surface area contributed by atoms with E-state index in [4.69, 9.17) is 16.3 Å². The molecule has 0 saturated carbocycles. The molecule has 0 aromatic heterocycles. The molecule has 3 heteroatoms. The average molecular weight is 177 g/mol. The molecule has 0 aliphatic carbocycles. The Morgan fingerprint density at radius 1 is 1.64 bits per heavy atom. The fraction of sp³-hybridized carbons (Fsp3) is 0.625. The first-order valence-corrected chi connectivity index (χ1v) is 3.93. The van der Waals surface area contributed by atoms with E-state index >= 15 is 0 Å². The van der Waals surface area contributed by atoms with Gasteiger partial charge in [-0.15, -0.1) is 0 Å². The number of esters is 1. The summed E-state index contributed by atoms with van der Waals surface area (Å²) in [5.41, 5.74) is 0.717. The SMILES string of the molecule is CCOC(=O)C(C)(C)/C=C/Cl. The Bertz CT molecular complexity index is 161. The number of ether oxygens (including phenoxy) is 1. The Morgan fingerprint density at radius 3 is 2.55 bits per heavy atom. The maximum atomic E-state index is 11.1. The van der Waals surface area contributed by atoms with Crippen LogP contribution in [0.1, 0.15) is 20.8 Å². The van der Waals surface area contributed by atoms with E-state index in [0.29, 0.717) is 6.61 Å². The molecule has 0 N–H and O–H groups in total. The van der Waals surface area contributed by atoms with Crippen molar-refractivity contribution < 1.29 is 9.53 Å². The third kappa shape index (κ3) is 3.42. The summed E-state index contributed by atoms with van der Waals surface area (Å²) >= 11 is 5.34. The fourth-order valence-electron chi connectivity index (χ4n) is 0.543. The van der Waals surface area contributed by atoms with E-state index in [1.54, 1.807) is 26.8 Å². The van der Waals surface area contributed by atoms with Crippen molar-refractivity contribution in [3.63, 3.8) is 0 Å². The van der Waals surface area contributed by atoms with Gasteiger partial charge in [-0.2, -0.15) is 0 Å². The zero-order chi connectivity index (χ0) is 8.91. The summed E-state index contributed by atoms with van der Waals surface area (Å²) in [5.74, 6) is -0.253. The van der Waals surface area contributed by atoms with Crippen LogP contribution in [0.25, 0.3) is 0 Å². The van der Waals surface area contributed by atoms with Crippen LogP contribution in [0, 0.1) is 5.41 Å². The molecule has 0 saturated heterocycles. The van der Waals surface area contributed by atoms with Gasteiger partial charge in [0.2, 0.25) is 0 Å². The Morgan fingerprint density at radius 2 is 2.18 bits per heavy atom. The monoisotopic (exact) mass is 176 g/mol. The maximum Gasteiger partial charge on any atom is 0.315 e. The van der Waals surface area contributed by atoms with Crippen molar-refractivity contribution in [1.29, 1.82) is 0 Å². The second kappa shape index (κ2) is 4.39. The molecule has 0 radical (unpaired) electrons. The lowest BCUT2D eigenvalue weighted by Crippen LogP contribution is -2.24. The third-order valence-electron chi connectivity index (χ3n) is 1.28. The first-order valence-electron chi connectivity index (χ1n) is 3.49. The van der Waals surface area contributed by atoms with Gasteiger partial charge in [-0.3, -0.25) is 4.79 Å². The zero-order valence-electron chi connectivity index (χ0n) is 7.06. The molecule has 0 aromatic carbocycles. The molecule has 0 spiro atoms. The third-order valence-corrected chi connectivity index (χ3v) is 1.41. The van der Waals surface area contributed by atoms with Gasteiger partial charge in [0.15, 0.2) is 0 Å². The lowest BCUT2D eigenvalue weighted by atomic mass is 9.94. The van der Waals surface area contributed by atoms with E-state index in [2.05, 4.69) is 0 Å². The van der Waals surface area contributed by atoms with Crippen LogP contribution in [0.3, 0.4) is 0 Å². The van der Waals surface area contributed by atoms with Gasteiger partial charge in [-0.05, 0) is 20.8 Å². The molecule has 0 heterocycles. The number of halogens is 1. The van der Waals surface area contributed by atoms with Crippen LogP contribution in [-0.2, 0) is 9.53 Å². The highest BCUT2D eigenvalue weighted by Gasteiger charge is 2.25. The Balaban J connectivity index is 4.17. The first kappa shape index (κ1) is 10.5. The van der Waals surface area contributed by atoms with Gasteiger partial charge in [0.1, 0.15) is 0 Å². The van der Waals surface area contributed by atoms with Crippen LogP contribution in [0.15, 0.2) is 11.6 Å². The Labute approximate surface area is 72.2 Å². The van der Waals surface area contributed by atoms with E-state index in [0.717, 1.165) is 0 Å². The predicted molar refractivity (Wildman–Crippen MR) is 45.4 cm³/mol. The van der Waals surface area contributed by atoms with E-state index in [1.807, 2.05) is 0 Å². The fourth-order valence-corrected chi connectivity index (χ4v) is 0.858. The molecule has 2 nitrogen and oxygen atoms in total. The number of hydrogen-bond acceptors (Lipinski definition) is 2. The Hall–Kier alpha value is -0.500. The summed E-state index contributed by atoms with van der Waals surface area (Å²) in [4.78, 5) is 11.1. The molecule has 0 rings (SSSR count). The largest absolute Gasteiger partial charge is 0.465 e. The summed E-state index contributed by atoms with van der Waals surface area (Å²) in [7, 11) is 0. The normalized spacial score (nSPS) is 12.0. The highest BCUT2D eigenvalue weighted by molar-refractivity contribution is 6.25. The summed E-state index contributed by atoms with van der Waals surface area (Å²) in [5, 5.41) is 0. The van der Waals surface area contributed by atoms with E-state index in [9.17, 15) is 4.79 Å². The van der Waals surface area contributed by atoms with Gasteiger partial charge in [0.25, 0.3) is 0 Å². The molecule has 64 valence electrons. The molecular formula is C8H13ClO2. The van der Waals surface area contributed by atoms with Gasteiger partial charge in [0, 0.05) is 5.54 Å². The summed E-state index contributed by atoms with van der Waals surface area (Å²) < 4.78 is 4.81. The molecule has 0 aliphatic rings. The first-order chi connectivity index (χ1) is 5.04. The number of hydrogen-bond donors (Lipinski definition) is 0. The summed E-state index contributed by atoms with van der Waals surface area (Å²) in [6.07, 6.45) is 1.60. The van der Waals surface area contributed by atoms with Crippen LogP contribution >= 0.6 is 11.6 Å². The van der Waals surface area contributed by atoms with Crippen molar-refractivity contribution in [2.45, 2.75) is 20.8 Å².